The number of phenols is 2. The number of ether oxygens (including phenoxy) is 3. The molecule has 0 aromatic heterocycles. The molecule has 14 heteroatoms. The average molecular weight is 997 g/mol. The van der Waals surface area contributed by atoms with E-state index in [1.807, 2.05) is 54.6 Å². The molecule has 0 fully saturated rings. The molecule has 2 heterocycles. The summed E-state index contributed by atoms with van der Waals surface area (Å²) in [5.74, 6) is -0.133. The summed E-state index contributed by atoms with van der Waals surface area (Å²) in [6, 6.07) is 50.9. The minimum absolute atomic E-state index is 0.0176. The molecule has 9 rings (SSSR count). The summed E-state index contributed by atoms with van der Waals surface area (Å²) in [6.07, 6.45) is 3.32. The summed E-state index contributed by atoms with van der Waals surface area (Å²) in [5.41, 5.74) is 6.22. The average Bonchev–Trinajstić information content (AvgIpc) is 3.66. The lowest BCUT2D eigenvalue weighted by Gasteiger charge is -2.36. The van der Waals surface area contributed by atoms with E-state index in [-0.39, 0.29) is 29.7 Å². The predicted molar refractivity (Wildman–Crippen MR) is 284 cm³/mol. The van der Waals surface area contributed by atoms with Crippen LogP contribution in [0.5, 0.6) is 28.7 Å². The zero-order chi connectivity index (χ0) is 50.7. The molecule has 1 amide bonds. The molecular formula is C59H56N4O9S. The lowest BCUT2D eigenvalue weighted by atomic mass is 9.77. The van der Waals surface area contributed by atoms with E-state index in [2.05, 4.69) is 75.4 Å². The Labute approximate surface area is 429 Å². The topological polar surface area (TPSA) is 179 Å². The van der Waals surface area contributed by atoms with Crippen LogP contribution in [0.25, 0.3) is 0 Å². The number of unbranched alkanes of at least 4 members (excludes halogenated alkanes) is 2. The molecule has 73 heavy (non-hydrogen) atoms. The number of carboxylic acids is 1. The van der Waals surface area contributed by atoms with Crippen LogP contribution in [-0.4, -0.2) is 69.4 Å². The number of aliphatic carboxylic acids is 1. The fraction of sp³-hybridized carbons (Fsp3) is 0.220. The zero-order valence-electron chi connectivity index (χ0n) is 40.1. The third-order valence-corrected chi connectivity index (χ3v) is 13.2. The van der Waals surface area contributed by atoms with Gasteiger partial charge in [0, 0.05) is 78.7 Å². The zero-order valence-corrected chi connectivity index (χ0v) is 40.9. The lowest BCUT2D eigenvalue weighted by Crippen LogP contribution is -2.33. The van der Waals surface area contributed by atoms with Crippen LogP contribution in [0.2, 0.25) is 0 Å². The Kier molecular flexibility index (Phi) is 15.6. The first-order valence-corrected chi connectivity index (χ1v) is 24.8. The Balaban J connectivity index is 0.759. The lowest BCUT2D eigenvalue weighted by molar-refractivity contribution is -0.136. The minimum Gasteiger partial charge on any atom is -0.508 e. The largest absolute Gasteiger partial charge is 0.508 e. The monoisotopic (exact) mass is 996 g/mol. The highest BCUT2D eigenvalue weighted by atomic mass is 32.1. The number of benzene rings is 7. The number of fused-ring (bicyclic) bond motifs is 6. The number of hydrogen-bond donors (Lipinski definition) is 6. The summed E-state index contributed by atoms with van der Waals surface area (Å²) in [7, 11) is 0. The van der Waals surface area contributed by atoms with Gasteiger partial charge in [0.2, 0.25) is 5.91 Å². The molecule has 0 saturated carbocycles. The van der Waals surface area contributed by atoms with Crippen LogP contribution in [0, 0.1) is 0 Å². The van der Waals surface area contributed by atoms with Gasteiger partial charge in [-0.05, 0) is 114 Å². The van der Waals surface area contributed by atoms with Crippen LogP contribution >= 0.6 is 12.2 Å². The van der Waals surface area contributed by atoms with Crippen LogP contribution in [0.1, 0.15) is 87.3 Å². The molecule has 0 atom stereocenters. The van der Waals surface area contributed by atoms with E-state index >= 15 is 0 Å². The van der Waals surface area contributed by atoms with Gasteiger partial charge in [-0.25, -0.2) is 4.79 Å². The molecule has 0 unspecified atom stereocenters. The van der Waals surface area contributed by atoms with Crippen molar-refractivity contribution in [3.8, 4) is 28.7 Å². The van der Waals surface area contributed by atoms with E-state index in [1.54, 1.807) is 30.3 Å². The second-order valence-electron chi connectivity index (χ2n) is 18.3. The molecule has 0 aliphatic carbocycles. The molecule has 0 radical (unpaired) electrons. The number of esters is 1. The van der Waals surface area contributed by atoms with E-state index in [1.165, 1.54) is 35.4 Å². The SMILES string of the molecule is O=C(O)Cc1cccc(OCCCN(Cc2cccc(NC(=O)CCCCCNC(=S)Nc3ccc4c(c3)C(=O)OC43c4ccc(O)cc4Oc4cc(O)ccc43)c2)CC(c2ccccc2)c2ccccc2)c1. The van der Waals surface area contributed by atoms with Crippen LogP contribution in [0.3, 0.4) is 0 Å². The van der Waals surface area contributed by atoms with Crippen molar-refractivity contribution in [3.05, 3.63) is 208 Å². The number of phenolic OH excluding ortho intramolecular Hbond substituents is 2. The standard InChI is InChI=1S/C59H56N4O9S/c64-45-23-26-51-53(35-45)71-54-36-46(65)24-27-52(54)59(51)50-25-22-44(34-48(50)57(69)72-59)62-58(73)60-28-9-3-8-21-55(66)61-43-19-10-14-40(31-43)37-63(29-12-30-70-47-20-11-13-39(32-47)33-56(67)68)38-49(41-15-4-1-5-16-41)42-17-6-2-7-18-42/h1-2,4-7,10-11,13-20,22-27,31-32,34-36,49,64-65H,3,8-9,12,21,28-30,33,37-38H2,(H,61,66)(H,67,68)(H2,60,62,73). The number of carbonyl (C=O) groups excluding carboxylic acids is 2. The van der Waals surface area contributed by atoms with Crippen molar-refractivity contribution in [3.63, 3.8) is 0 Å². The van der Waals surface area contributed by atoms with Crippen molar-refractivity contribution < 1.29 is 43.9 Å². The second-order valence-corrected chi connectivity index (χ2v) is 18.7. The van der Waals surface area contributed by atoms with Gasteiger partial charge in [0.1, 0.15) is 28.7 Å². The van der Waals surface area contributed by atoms with Gasteiger partial charge < -0.3 is 45.5 Å². The third kappa shape index (κ3) is 12.1. The Morgan fingerprint density at radius 3 is 2.03 bits per heavy atom. The highest BCUT2D eigenvalue weighted by Crippen LogP contribution is 2.57. The molecule has 6 N–H and O–H groups in total. The third-order valence-electron chi connectivity index (χ3n) is 13.0. The van der Waals surface area contributed by atoms with Crippen LogP contribution < -0.4 is 25.4 Å². The maximum Gasteiger partial charge on any atom is 0.340 e. The maximum absolute atomic E-state index is 13.5. The first-order valence-electron chi connectivity index (χ1n) is 24.4. The molecule has 13 nitrogen and oxygen atoms in total. The van der Waals surface area contributed by atoms with Gasteiger partial charge in [-0.1, -0.05) is 97.4 Å². The van der Waals surface area contributed by atoms with E-state index in [0.717, 1.165) is 43.6 Å². The second kappa shape index (κ2) is 22.9. The van der Waals surface area contributed by atoms with E-state index in [9.17, 15) is 29.7 Å². The number of carbonyl (C=O) groups is 3. The number of carboxylic acid groups (broad SMARTS) is 1. The molecular weight excluding hydrogens is 941 g/mol. The molecule has 2 aliphatic heterocycles. The van der Waals surface area contributed by atoms with Gasteiger partial charge in [0.25, 0.3) is 0 Å². The van der Waals surface area contributed by atoms with Crippen molar-refractivity contribution in [2.24, 2.45) is 0 Å². The summed E-state index contributed by atoms with van der Waals surface area (Å²) in [5, 5.41) is 39.6. The van der Waals surface area contributed by atoms with Crippen molar-refractivity contribution in [2.75, 3.05) is 36.9 Å². The van der Waals surface area contributed by atoms with Gasteiger partial charge >= 0.3 is 11.9 Å². The van der Waals surface area contributed by atoms with E-state index < -0.39 is 17.5 Å². The molecule has 1 spiro atoms. The quantitative estimate of drug-likeness (QED) is 0.0228. The van der Waals surface area contributed by atoms with E-state index in [0.29, 0.717) is 88.4 Å². The van der Waals surface area contributed by atoms with Crippen LogP contribution in [-0.2, 0) is 32.9 Å². The van der Waals surface area contributed by atoms with Gasteiger partial charge in [-0.2, -0.15) is 0 Å². The van der Waals surface area contributed by atoms with Gasteiger partial charge in [-0.15, -0.1) is 0 Å². The summed E-state index contributed by atoms with van der Waals surface area (Å²) in [6.45, 7) is 3.19. The number of hydrogen-bond acceptors (Lipinski definition) is 10. The smallest absolute Gasteiger partial charge is 0.340 e. The highest BCUT2D eigenvalue weighted by molar-refractivity contribution is 7.80. The first-order chi connectivity index (χ1) is 35.5. The maximum atomic E-state index is 13.5. The number of thiocarbonyl (C=S) groups is 1. The van der Waals surface area contributed by atoms with E-state index in [4.69, 9.17) is 26.4 Å². The predicted octanol–water partition coefficient (Wildman–Crippen LogP) is 10.9. The van der Waals surface area contributed by atoms with Gasteiger partial charge in [0.15, 0.2) is 10.7 Å². The minimum atomic E-state index is -1.35. The number of rotatable bonds is 21. The molecule has 372 valence electrons. The number of aromatic hydroxyl groups is 2. The van der Waals surface area contributed by atoms with Gasteiger partial charge in [-0.3, -0.25) is 14.5 Å². The van der Waals surface area contributed by atoms with Crippen molar-refractivity contribution in [1.29, 1.82) is 0 Å². The first kappa shape index (κ1) is 49.8. The normalized spacial score (nSPS) is 12.8. The fourth-order valence-corrected chi connectivity index (χ4v) is 9.86. The summed E-state index contributed by atoms with van der Waals surface area (Å²) < 4.78 is 18.3. The van der Waals surface area contributed by atoms with Crippen LogP contribution in [0.4, 0.5) is 11.4 Å². The summed E-state index contributed by atoms with van der Waals surface area (Å²) >= 11 is 5.60. The van der Waals surface area contributed by atoms with Crippen molar-refractivity contribution >= 4 is 46.6 Å². The number of anilines is 2. The van der Waals surface area contributed by atoms with Crippen LogP contribution in [0.15, 0.2) is 164 Å². The Hall–Kier alpha value is -8.20. The number of nitrogens with one attached hydrogen (secondary N) is 3. The molecule has 2 aliphatic rings. The summed E-state index contributed by atoms with van der Waals surface area (Å²) in [4.78, 5) is 40.4. The number of nitrogens with zero attached hydrogens (tertiary/aromatic N) is 1. The highest BCUT2D eigenvalue weighted by Gasteiger charge is 2.53. The Bertz CT molecular complexity index is 3020. The Morgan fingerprint density at radius 1 is 0.671 bits per heavy atom. The Morgan fingerprint density at radius 2 is 1.33 bits per heavy atom. The molecule has 0 bridgehead atoms. The molecule has 7 aromatic carbocycles. The van der Waals surface area contributed by atoms with Crippen molar-refractivity contribution in [2.45, 2.75) is 56.6 Å². The molecule has 0 saturated heterocycles. The number of amides is 1. The van der Waals surface area contributed by atoms with Gasteiger partial charge in [0.05, 0.1) is 18.6 Å². The van der Waals surface area contributed by atoms with Crippen molar-refractivity contribution in [1.82, 2.24) is 10.2 Å². The fourth-order valence-electron chi connectivity index (χ4n) is 9.64. The molecule has 7 aromatic rings.